The maximum absolute atomic E-state index is 5.67. The summed E-state index contributed by atoms with van der Waals surface area (Å²) in [7, 11) is 0. The van der Waals surface area contributed by atoms with Crippen LogP contribution >= 0.6 is 0 Å². The van der Waals surface area contributed by atoms with Gasteiger partial charge in [0.1, 0.15) is 0 Å². The minimum atomic E-state index is 0.414. The number of aromatic nitrogens is 2. The van der Waals surface area contributed by atoms with E-state index in [0.717, 1.165) is 13.1 Å². The molecule has 1 aromatic heterocycles. The van der Waals surface area contributed by atoms with Crippen molar-refractivity contribution in [3.63, 3.8) is 0 Å². The fourth-order valence-electron chi connectivity index (χ4n) is 2.26. The van der Waals surface area contributed by atoms with Crippen molar-refractivity contribution in [1.82, 2.24) is 14.7 Å². The highest BCUT2D eigenvalue weighted by molar-refractivity contribution is 5.11. The Labute approximate surface area is 97.4 Å². The van der Waals surface area contributed by atoms with Crippen molar-refractivity contribution in [1.29, 1.82) is 0 Å². The topological polar surface area (TPSA) is 47.1 Å². The van der Waals surface area contributed by atoms with Crippen LogP contribution in [-0.4, -0.2) is 40.9 Å². The molecule has 1 aliphatic rings. The van der Waals surface area contributed by atoms with Gasteiger partial charge in [-0.25, -0.2) is 0 Å². The Hall–Kier alpha value is -0.870. The Morgan fingerprint density at radius 1 is 1.62 bits per heavy atom. The van der Waals surface area contributed by atoms with E-state index >= 15 is 0 Å². The summed E-state index contributed by atoms with van der Waals surface area (Å²) in [5.41, 5.74) is 6.93. The molecule has 4 heteroatoms. The average molecular weight is 222 g/mol. The number of likely N-dealkylation sites (N-methyl/N-ethyl adjacent to an activating group) is 1. The van der Waals surface area contributed by atoms with Crippen LogP contribution in [0.3, 0.4) is 0 Å². The van der Waals surface area contributed by atoms with E-state index in [4.69, 9.17) is 5.73 Å². The van der Waals surface area contributed by atoms with Gasteiger partial charge >= 0.3 is 0 Å². The zero-order valence-electron chi connectivity index (χ0n) is 10.3. The first-order chi connectivity index (χ1) is 7.74. The van der Waals surface area contributed by atoms with E-state index in [9.17, 15) is 0 Å². The third-order valence-corrected chi connectivity index (χ3v) is 3.61. The first kappa shape index (κ1) is 11.6. The summed E-state index contributed by atoms with van der Waals surface area (Å²) in [5.74, 6) is 0.414. The van der Waals surface area contributed by atoms with Crippen molar-refractivity contribution in [2.45, 2.75) is 32.2 Å². The van der Waals surface area contributed by atoms with Gasteiger partial charge in [-0.3, -0.25) is 4.68 Å². The molecule has 2 N–H and O–H groups in total. The Kier molecular flexibility index (Phi) is 3.61. The fraction of sp³-hybridized carbons (Fsp3) is 0.750. The van der Waals surface area contributed by atoms with Gasteiger partial charge in [0.15, 0.2) is 0 Å². The molecule has 0 radical (unpaired) electrons. The number of rotatable bonds is 4. The molecule has 0 aliphatic carbocycles. The lowest BCUT2D eigenvalue weighted by molar-refractivity contribution is 0.335. The predicted octanol–water partition coefficient (Wildman–Crippen LogP) is 1.21. The third kappa shape index (κ3) is 2.28. The summed E-state index contributed by atoms with van der Waals surface area (Å²) in [6, 6.07) is 0.554. The molecule has 0 amide bonds. The SMILES string of the molecule is CCN1CCC(n2cc(C(C)CN)cn2)C1. The second-order valence-corrected chi connectivity index (χ2v) is 4.73. The Morgan fingerprint density at radius 3 is 3.06 bits per heavy atom. The Bertz CT molecular complexity index is 334. The standard InChI is InChI=1S/C12H22N4/c1-3-15-5-4-12(9-15)16-8-11(7-14-16)10(2)6-13/h7-8,10,12H,3-6,9,13H2,1-2H3. The summed E-state index contributed by atoms with van der Waals surface area (Å²) < 4.78 is 2.12. The van der Waals surface area contributed by atoms with Crippen LogP contribution in [0.1, 0.15) is 37.8 Å². The van der Waals surface area contributed by atoms with Crippen LogP contribution < -0.4 is 5.73 Å². The monoisotopic (exact) mass is 222 g/mol. The average Bonchev–Trinajstić information content (AvgIpc) is 2.95. The molecular weight excluding hydrogens is 200 g/mol. The molecule has 16 heavy (non-hydrogen) atoms. The van der Waals surface area contributed by atoms with Gasteiger partial charge in [-0.1, -0.05) is 13.8 Å². The highest BCUT2D eigenvalue weighted by atomic mass is 15.3. The first-order valence-corrected chi connectivity index (χ1v) is 6.21. The van der Waals surface area contributed by atoms with Gasteiger partial charge in [0, 0.05) is 19.3 Å². The summed E-state index contributed by atoms with van der Waals surface area (Å²) in [4.78, 5) is 2.47. The Balaban J connectivity index is 2.02. The maximum atomic E-state index is 5.67. The minimum absolute atomic E-state index is 0.414. The molecule has 1 aliphatic heterocycles. The first-order valence-electron chi connectivity index (χ1n) is 6.21. The highest BCUT2D eigenvalue weighted by Gasteiger charge is 2.23. The maximum Gasteiger partial charge on any atom is 0.0658 e. The zero-order chi connectivity index (χ0) is 11.5. The van der Waals surface area contributed by atoms with Gasteiger partial charge in [-0.05, 0) is 31.0 Å². The van der Waals surface area contributed by atoms with Crippen LogP contribution in [0.25, 0.3) is 0 Å². The molecule has 0 bridgehead atoms. The van der Waals surface area contributed by atoms with Crippen LogP contribution in [0, 0.1) is 0 Å². The van der Waals surface area contributed by atoms with Gasteiger partial charge in [-0.2, -0.15) is 5.10 Å². The summed E-state index contributed by atoms with van der Waals surface area (Å²) in [6.07, 6.45) is 5.35. The smallest absolute Gasteiger partial charge is 0.0658 e. The van der Waals surface area contributed by atoms with Gasteiger partial charge in [0.2, 0.25) is 0 Å². The van der Waals surface area contributed by atoms with Crippen molar-refractivity contribution in [3.8, 4) is 0 Å². The molecule has 2 unspecified atom stereocenters. The van der Waals surface area contributed by atoms with Gasteiger partial charge in [0.05, 0.1) is 12.2 Å². The van der Waals surface area contributed by atoms with Crippen molar-refractivity contribution in [3.05, 3.63) is 18.0 Å². The van der Waals surface area contributed by atoms with E-state index < -0.39 is 0 Å². The largest absolute Gasteiger partial charge is 0.330 e. The zero-order valence-corrected chi connectivity index (χ0v) is 10.3. The fourth-order valence-corrected chi connectivity index (χ4v) is 2.26. The molecular formula is C12H22N4. The van der Waals surface area contributed by atoms with Crippen LogP contribution in [0.4, 0.5) is 0 Å². The molecule has 2 rings (SSSR count). The van der Waals surface area contributed by atoms with E-state index in [1.807, 2.05) is 6.20 Å². The van der Waals surface area contributed by atoms with Crippen LogP contribution in [-0.2, 0) is 0 Å². The normalized spacial score (nSPS) is 23.8. The lowest BCUT2D eigenvalue weighted by Crippen LogP contribution is -2.21. The quantitative estimate of drug-likeness (QED) is 0.833. The second-order valence-electron chi connectivity index (χ2n) is 4.73. The molecule has 1 aromatic rings. The molecule has 0 spiro atoms. The lowest BCUT2D eigenvalue weighted by atomic mass is 10.1. The Morgan fingerprint density at radius 2 is 2.44 bits per heavy atom. The van der Waals surface area contributed by atoms with Gasteiger partial charge in [-0.15, -0.1) is 0 Å². The van der Waals surface area contributed by atoms with E-state index in [1.165, 1.54) is 18.5 Å². The molecule has 0 aromatic carbocycles. The number of nitrogens with zero attached hydrogens (tertiary/aromatic N) is 3. The second kappa shape index (κ2) is 4.97. The summed E-state index contributed by atoms with van der Waals surface area (Å²) in [6.45, 7) is 8.53. The van der Waals surface area contributed by atoms with Crippen molar-refractivity contribution in [2.24, 2.45) is 5.73 Å². The van der Waals surface area contributed by atoms with Gasteiger partial charge < -0.3 is 10.6 Å². The molecule has 2 heterocycles. The van der Waals surface area contributed by atoms with Crippen LogP contribution in [0.5, 0.6) is 0 Å². The van der Waals surface area contributed by atoms with E-state index in [0.29, 0.717) is 18.5 Å². The molecule has 1 fully saturated rings. The molecule has 2 atom stereocenters. The molecule has 90 valence electrons. The van der Waals surface area contributed by atoms with E-state index in [1.54, 1.807) is 0 Å². The summed E-state index contributed by atoms with van der Waals surface area (Å²) >= 11 is 0. The molecule has 0 saturated carbocycles. The van der Waals surface area contributed by atoms with Crippen molar-refractivity contribution in [2.75, 3.05) is 26.2 Å². The van der Waals surface area contributed by atoms with E-state index in [2.05, 4.69) is 34.7 Å². The predicted molar refractivity (Wildman–Crippen MR) is 65.5 cm³/mol. The summed E-state index contributed by atoms with van der Waals surface area (Å²) in [5, 5.41) is 4.47. The van der Waals surface area contributed by atoms with E-state index in [-0.39, 0.29) is 0 Å². The van der Waals surface area contributed by atoms with Crippen molar-refractivity contribution >= 4 is 0 Å². The number of hydrogen-bond acceptors (Lipinski definition) is 3. The van der Waals surface area contributed by atoms with Crippen LogP contribution in [0.2, 0.25) is 0 Å². The van der Waals surface area contributed by atoms with Crippen LogP contribution in [0.15, 0.2) is 12.4 Å². The molecule has 4 nitrogen and oxygen atoms in total. The van der Waals surface area contributed by atoms with Crippen molar-refractivity contribution < 1.29 is 0 Å². The number of likely N-dealkylation sites (tertiary alicyclic amines) is 1. The highest BCUT2D eigenvalue weighted by Crippen LogP contribution is 2.22. The number of nitrogens with two attached hydrogens (primary N) is 1. The third-order valence-electron chi connectivity index (χ3n) is 3.61. The number of hydrogen-bond donors (Lipinski definition) is 1. The minimum Gasteiger partial charge on any atom is -0.330 e. The molecule has 1 saturated heterocycles. The lowest BCUT2D eigenvalue weighted by Gasteiger charge is -2.13. The van der Waals surface area contributed by atoms with Gasteiger partial charge in [0.25, 0.3) is 0 Å².